The number of hydrogen-bond acceptors (Lipinski definition) is 3. The van der Waals surface area contributed by atoms with Crippen molar-refractivity contribution >= 4 is 23.4 Å². The highest BCUT2D eigenvalue weighted by Gasteiger charge is 2.32. The predicted octanol–water partition coefficient (Wildman–Crippen LogP) is 4.29. The van der Waals surface area contributed by atoms with Crippen LogP contribution in [0.5, 0.6) is 0 Å². The molecular weight excluding hydrogens is 410 g/mol. The normalized spacial score (nSPS) is 20.0. The number of halogens is 1. The van der Waals surface area contributed by atoms with Crippen molar-refractivity contribution in [2.75, 3.05) is 26.2 Å². The van der Waals surface area contributed by atoms with E-state index < -0.39 is 6.04 Å². The first-order valence-electron chi connectivity index (χ1n) is 11.2. The number of nitrogens with one attached hydrogen (secondary N) is 1. The molecule has 0 aliphatic carbocycles. The van der Waals surface area contributed by atoms with Gasteiger partial charge in [0, 0.05) is 19.1 Å². The van der Waals surface area contributed by atoms with E-state index >= 15 is 0 Å². The third-order valence-corrected chi connectivity index (χ3v) is 6.70. The van der Waals surface area contributed by atoms with Crippen LogP contribution in [0.2, 0.25) is 5.02 Å². The molecule has 2 saturated heterocycles. The van der Waals surface area contributed by atoms with Gasteiger partial charge in [-0.1, -0.05) is 54.1 Å². The lowest BCUT2D eigenvalue weighted by Crippen LogP contribution is -2.44. The Morgan fingerprint density at radius 1 is 0.968 bits per heavy atom. The van der Waals surface area contributed by atoms with Gasteiger partial charge in [-0.2, -0.15) is 0 Å². The van der Waals surface area contributed by atoms with Gasteiger partial charge < -0.3 is 15.1 Å². The summed E-state index contributed by atoms with van der Waals surface area (Å²) in [5.74, 6) is -0.155. The van der Waals surface area contributed by atoms with Crippen molar-refractivity contribution in [3.05, 3.63) is 70.7 Å². The molecule has 2 unspecified atom stereocenters. The van der Waals surface area contributed by atoms with Crippen molar-refractivity contribution in [3.8, 4) is 0 Å². The quantitative estimate of drug-likeness (QED) is 0.700. The van der Waals surface area contributed by atoms with E-state index in [2.05, 4.69) is 10.2 Å². The summed E-state index contributed by atoms with van der Waals surface area (Å²) in [6.07, 6.45) is 4.86. The molecule has 0 radical (unpaired) electrons. The highest BCUT2D eigenvalue weighted by atomic mass is 35.5. The third-order valence-electron chi connectivity index (χ3n) is 6.37. The molecule has 2 aliphatic heterocycles. The number of rotatable bonds is 7. The van der Waals surface area contributed by atoms with E-state index in [9.17, 15) is 9.59 Å². The van der Waals surface area contributed by atoms with Crippen LogP contribution in [-0.2, 0) is 4.79 Å². The maximum atomic E-state index is 13.3. The van der Waals surface area contributed by atoms with E-state index in [0.29, 0.717) is 10.6 Å². The zero-order valence-corrected chi connectivity index (χ0v) is 18.6. The van der Waals surface area contributed by atoms with E-state index in [1.54, 1.807) is 24.3 Å². The smallest absolute Gasteiger partial charge is 0.253 e. The SMILES string of the molecule is O=C(NC(CC(=O)N1CCCC1CN1CCCC1)c1ccccc1)c1ccccc1Cl. The maximum absolute atomic E-state index is 13.3. The summed E-state index contributed by atoms with van der Waals surface area (Å²) in [6.45, 7) is 4.04. The molecule has 5 nitrogen and oxygen atoms in total. The lowest BCUT2D eigenvalue weighted by Gasteiger charge is -2.30. The topological polar surface area (TPSA) is 52.7 Å². The summed E-state index contributed by atoms with van der Waals surface area (Å²) >= 11 is 6.22. The zero-order chi connectivity index (χ0) is 21.6. The van der Waals surface area contributed by atoms with Gasteiger partial charge in [0.25, 0.3) is 5.91 Å². The first kappa shape index (κ1) is 21.8. The Hall–Kier alpha value is -2.37. The molecule has 0 saturated carbocycles. The van der Waals surface area contributed by atoms with Gasteiger partial charge in [-0.25, -0.2) is 0 Å². The molecule has 2 heterocycles. The molecule has 2 amide bonds. The Labute approximate surface area is 189 Å². The number of nitrogens with zero attached hydrogens (tertiary/aromatic N) is 2. The van der Waals surface area contributed by atoms with E-state index in [1.807, 2.05) is 35.2 Å². The van der Waals surface area contributed by atoms with Crippen molar-refractivity contribution in [2.45, 2.75) is 44.2 Å². The summed E-state index contributed by atoms with van der Waals surface area (Å²) in [6, 6.07) is 16.6. The molecule has 1 N–H and O–H groups in total. The van der Waals surface area contributed by atoms with Crippen LogP contribution in [-0.4, -0.2) is 53.8 Å². The minimum absolute atomic E-state index is 0.106. The monoisotopic (exact) mass is 439 g/mol. The number of amides is 2. The molecular formula is C25H30ClN3O2. The summed E-state index contributed by atoms with van der Waals surface area (Å²) in [4.78, 5) is 30.8. The minimum Gasteiger partial charge on any atom is -0.345 e. The molecule has 0 bridgehead atoms. The van der Waals surface area contributed by atoms with E-state index in [-0.39, 0.29) is 24.3 Å². The van der Waals surface area contributed by atoms with Gasteiger partial charge in [-0.3, -0.25) is 9.59 Å². The summed E-state index contributed by atoms with van der Waals surface area (Å²) < 4.78 is 0. The average Bonchev–Trinajstić information content (AvgIpc) is 3.46. The van der Waals surface area contributed by atoms with Crippen molar-refractivity contribution < 1.29 is 9.59 Å². The lowest BCUT2D eigenvalue weighted by molar-refractivity contribution is -0.132. The molecule has 0 aromatic heterocycles. The fourth-order valence-corrected chi connectivity index (χ4v) is 4.95. The highest BCUT2D eigenvalue weighted by molar-refractivity contribution is 6.33. The summed E-state index contributed by atoms with van der Waals surface area (Å²) in [5, 5.41) is 3.46. The van der Waals surface area contributed by atoms with Crippen LogP contribution < -0.4 is 5.32 Å². The summed E-state index contributed by atoms with van der Waals surface area (Å²) in [5.41, 5.74) is 1.34. The molecule has 31 heavy (non-hydrogen) atoms. The molecule has 0 spiro atoms. The van der Waals surface area contributed by atoms with Crippen LogP contribution in [0.3, 0.4) is 0 Å². The number of carbonyl (C=O) groups excluding carboxylic acids is 2. The van der Waals surface area contributed by atoms with Crippen molar-refractivity contribution in [1.29, 1.82) is 0 Å². The van der Waals surface area contributed by atoms with Crippen LogP contribution in [0, 0.1) is 0 Å². The van der Waals surface area contributed by atoms with Crippen LogP contribution in [0.1, 0.15) is 54.1 Å². The largest absolute Gasteiger partial charge is 0.345 e. The molecule has 2 aliphatic rings. The van der Waals surface area contributed by atoms with Gasteiger partial charge in [0.05, 0.1) is 23.0 Å². The molecule has 4 rings (SSSR count). The van der Waals surface area contributed by atoms with Crippen LogP contribution in [0.15, 0.2) is 54.6 Å². The van der Waals surface area contributed by atoms with Crippen LogP contribution in [0.25, 0.3) is 0 Å². The van der Waals surface area contributed by atoms with E-state index in [4.69, 9.17) is 11.6 Å². The Morgan fingerprint density at radius 2 is 1.68 bits per heavy atom. The van der Waals surface area contributed by atoms with Gasteiger partial charge in [0.1, 0.15) is 0 Å². The highest BCUT2D eigenvalue weighted by Crippen LogP contribution is 2.25. The van der Waals surface area contributed by atoms with Crippen LogP contribution >= 0.6 is 11.6 Å². The van der Waals surface area contributed by atoms with Gasteiger partial charge in [0.15, 0.2) is 0 Å². The number of benzene rings is 2. The third kappa shape index (κ3) is 5.46. The van der Waals surface area contributed by atoms with Crippen molar-refractivity contribution in [2.24, 2.45) is 0 Å². The maximum Gasteiger partial charge on any atom is 0.253 e. The van der Waals surface area contributed by atoms with E-state index in [0.717, 1.165) is 44.6 Å². The van der Waals surface area contributed by atoms with Gasteiger partial charge >= 0.3 is 0 Å². The van der Waals surface area contributed by atoms with Crippen molar-refractivity contribution in [1.82, 2.24) is 15.1 Å². The second-order valence-corrected chi connectivity index (χ2v) is 8.92. The molecule has 2 aromatic carbocycles. The minimum atomic E-state index is -0.398. The van der Waals surface area contributed by atoms with Crippen LogP contribution in [0.4, 0.5) is 0 Å². The molecule has 2 atom stereocenters. The van der Waals surface area contributed by atoms with E-state index in [1.165, 1.54) is 12.8 Å². The van der Waals surface area contributed by atoms with Gasteiger partial charge in [-0.15, -0.1) is 0 Å². The second-order valence-electron chi connectivity index (χ2n) is 8.51. The van der Waals surface area contributed by atoms with Gasteiger partial charge in [0.2, 0.25) is 5.91 Å². The Balaban J connectivity index is 1.47. The summed E-state index contributed by atoms with van der Waals surface area (Å²) in [7, 11) is 0. The Kier molecular flexibility index (Phi) is 7.25. The number of likely N-dealkylation sites (tertiary alicyclic amines) is 2. The van der Waals surface area contributed by atoms with Gasteiger partial charge in [-0.05, 0) is 56.5 Å². The molecule has 2 fully saturated rings. The zero-order valence-electron chi connectivity index (χ0n) is 17.8. The first-order valence-corrected chi connectivity index (χ1v) is 11.6. The molecule has 164 valence electrons. The van der Waals surface area contributed by atoms with Crippen molar-refractivity contribution in [3.63, 3.8) is 0 Å². The number of hydrogen-bond donors (Lipinski definition) is 1. The molecule has 6 heteroatoms. The first-order chi connectivity index (χ1) is 15.1. The fourth-order valence-electron chi connectivity index (χ4n) is 4.73. The fraction of sp³-hybridized carbons (Fsp3) is 0.440. The lowest BCUT2D eigenvalue weighted by atomic mass is 10.0. The molecule has 2 aromatic rings. The number of carbonyl (C=O) groups is 2. The second kappa shape index (κ2) is 10.3. The standard InChI is InChI=1S/C25H30ClN3O2/c26-22-13-5-4-12-21(22)25(31)27-23(19-9-2-1-3-10-19)17-24(30)29-16-8-11-20(29)18-28-14-6-7-15-28/h1-5,9-10,12-13,20,23H,6-8,11,14-18H2,(H,27,31). The predicted molar refractivity (Wildman–Crippen MR) is 123 cm³/mol. The Bertz CT molecular complexity index is 899. The Morgan fingerprint density at radius 3 is 2.42 bits per heavy atom. The average molecular weight is 440 g/mol.